The number of carbonyl (C=O) groups excluding carboxylic acids is 1. The lowest BCUT2D eigenvalue weighted by Crippen LogP contribution is -2.49. The van der Waals surface area contributed by atoms with Crippen LogP contribution in [0.5, 0.6) is 11.5 Å². The van der Waals surface area contributed by atoms with Crippen molar-refractivity contribution in [3.05, 3.63) is 47.2 Å². The topological polar surface area (TPSA) is 84.9 Å². The van der Waals surface area contributed by atoms with Gasteiger partial charge in [-0.3, -0.25) is 4.79 Å². The molecule has 1 aliphatic heterocycles. The molecule has 162 valence electrons. The second-order valence-electron chi connectivity index (χ2n) is 6.76. The first-order valence-electron chi connectivity index (χ1n) is 9.27. The van der Waals surface area contributed by atoms with E-state index in [1.807, 2.05) is 0 Å². The molecule has 30 heavy (non-hydrogen) atoms. The number of piperidine rings is 1. The Labute approximate surface area is 179 Å². The number of amides is 1. The summed E-state index contributed by atoms with van der Waals surface area (Å²) in [5, 5.41) is 2.99. The smallest absolute Gasteiger partial charge is 0.243 e. The molecule has 2 aromatic rings. The number of hydrogen-bond acceptors (Lipinski definition) is 5. The molecule has 1 amide bonds. The SMILES string of the molecule is COc1cc(OC)c(NC(=O)[C@@H]2CCCCN2S(=O)(=O)c2ccc(F)cc2)cc1Cl. The van der Waals surface area contributed by atoms with Crippen LogP contribution in [0.15, 0.2) is 41.3 Å². The molecule has 2 aromatic carbocycles. The van der Waals surface area contributed by atoms with Crippen molar-refractivity contribution in [3.8, 4) is 11.5 Å². The molecule has 7 nitrogen and oxygen atoms in total. The number of anilines is 1. The average Bonchev–Trinajstić information content (AvgIpc) is 2.74. The van der Waals surface area contributed by atoms with Gasteiger partial charge in [-0.25, -0.2) is 12.8 Å². The number of hydrogen-bond donors (Lipinski definition) is 1. The van der Waals surface area contributed by atoms with Gasteiger partial charge < -0.3 is 14.8 Å². The van der Waals surface area contributed by atoms with Gasteiger partial charge in [-0.2, -0.15) is 4.31 Å². The van der Waals surface area contributed by atoms with Crippen molar-refractivity contribution in [2.45, 2.75) is 30.2 Å². The van der Waals surface area contributed by atoms with E-state index in [4.69, 9.17) is 21.1 Å². The summed E-state index contributed by atoms with van der Waals surface area (Å²) >= 11 is 6.15. The minimum Gasteiger partial charge on any atom is -0.495 e. The van der Waals surface area contributed by atoms with E-state index in [-0.39, 0.29) is 16.5 Å². The molecule has 0 aromatic heterocycles. The van der Waals surface area contributed by atoms with E-state index in [0.717, 1.165) is 16.4 Å². The number of nitrogens with one attached hydrogen (secondary N) is 1. The molecule has 0 unspecified atom stereocenters. The van der Waals surface area contributed by atoms with Crippen molar-refractivity contribution in [3.63, 3.8) is 0 Å². The summed E-state index contributed by atoms with van der Waals surface area (Å²) in [5.74, 6) is -0.330. The van der Waals surface area contributed by atoms with Gasteiger partial charge in [-0.05, 0) is 43.2 Å². The van der Waals surface area contributed by atoms with Gasteiger partial charge in [0.25, 0.3) is 0 Å². The summed E-state index contributed by atoms with van der Waals surface area (Å²) in [5.41, 5.74) is 0.304. The fraction of sp³-hybridized carbons (Fsp3) is 0.350. The fourth-order valence-electron chi connectivity index (χ4n) is 3.37. The highest BCUT2D eigenvalue weighted by Crippen LogP contribution is 2.36. The highest BCUT2D eigenvalue weighted by Gasteiger charge is 2.38. The molecule has 1 N–H and O–H groups in total. The van der Waals surface area contributed by atoms with Crippen LogP contribution in [0.2, 0.25) is 5.02 Å². The van der Waals surface area contributed by atoms with E-state index >= 15 is 0 Å². The lowest BCUT2D eigenvalue weighted by Gasteiger charge is -2.33. The maximum Gasteiger partial charge on any atom is 0.243 e. The zero-order valence-electron chi connectivity index (χ0n) is 16.5. The van der Waals surface area contributed by atoms with Gasteiger partial charge >= 0.3 is 0 Å². The van der Waals surface area contributed by atoms with Crippen molar-refractivity contribution >= 4 is 33.2 Å². The summed E-state index contributed by atoms with van der Waals surface area (Å²) in [4.78, 5) is 13.0. The van der Waals surface area contributed by atoms with Crippen LogP contribution < -0.4 is 14.8 Å². The molecular weight excluding hydrogens is 435 g/mol. The molecule has 1 fully saturated rings. The zero-order chi connectivity index (χ0) is 21.9. The molecule has 0 aliphatic carbocycles. The van der Waals surface area contributed by atoms with Crippen LogP contribution in [-0.4, -0.2) is 45.4 Å². The molecule has 0 radical (unpaired) electrons. The number of methoxy groups -OCH3 is 2. The van der Waals surface area contributed by atoms with Crippen molar-refractivity contribution in [2.24, 2.45) is 0 Å². The number of nitrogens with zero attached hydrogens (tertiary/aromatic N) is 1. The Morgan fingerprint density at radius 1 is 1.13 bits per heavy atom. The predicted octanol–water partition coefficient (Wildman–Crippen LogP) is 3.68. The Bertz CT molecular complexity index is 1030. The van der Waals surface area contributed by atoms with Gasteiger partial charge in [0, 0.05) is 12.6 Å². The van der Waals surface area contributed by atoms with Crippen LogP contribution >= 0.6 is 11.6 Å². The van der Waals surface area contributed by atoms with Crippen LogP contribution in [-0.2, 0) is 14.8 Å². The van der Waals surface area contributed by atoms with E-state index in [1.165, 1.54) is 38.5 Å². The molecule has 3 rings (SSSR count). The number of carbonyl (C=O) groups is 1. The number of ether oxygens (including phenoxy) is 2. The minimum atomic E-state index is -3.97. The van der Waals surface area contributed by atoms with E-state index in [0.29, 0.717) is 36.4 Å². The first-order valence-corrected chi connectivity index (χ1v) is 11.1. The molecular formula is C20H22ClFN2O5S. The third-order valence-corrected chi connectivity index (χ3v) is 7.13. The Morgan fingerprint density at radius 2 is 1.80 bits per heavy atom. The van der Waals surface area contributed by atoms with E-state index < -0.39 is 27.8 Å². The van der Waals surface area contributed by atoms with Crippen LogP contribution in [0.1, 0.15) is 19.3 Å². The summed E-state index contributed by atoms with van der Waals surface area (Å²) in [6, 6.07) is 6.65. The first-order chi connectivity index (χ1) is 14.3. The standard InChI is InChI=1S/C20H22ClFN2O5S/c1-28-18-12-19(29-2)16(11-15(18)21)23-20(25)17-5-3-4-10-24(17)30(26,27)14-8-6-13(22)7-9-14/h6-9,11-12,17H,3-5,10H2,1-2H3,(H,23,25)/t17-/m0/s1. The fourth-order valence-corrected chi connectivity index (χ4v) is 5.27. The average molecular weight is 457 g/mol. The first kappa shape index (κ1) is 22.3. The lowest BCUT2D eigenvalue weighted by atomic mass is 10.0. The van der Waals surface area contributed by atoms with E-state index in [1.54, 1.807) is 0 Å². The summed E-state index contributed by atoms with van der Waals surface area (Å²) < 4.78 is 51.0. The van der Waals surface area contributed by atoms with E-state index in [9.17, 15) is 17.6 Å². The second kappa shape index (κ2) is 9.20. The number of rotatable bonds is 6. The molecule has 1 aliphatic rings. The number of halogens is 2. The van der Waals surface area contributed by atoms with Crippen LogP contribution in [0.4, 0.5) is 10.1 Å². The highest BCUT2D eigenvalue weighted by atomic mass is 35.5. The largest absolute Gasteiger partial charge is 0.495 e. The maximum atomic E-state index is 13.2. The zero-order valence-corrected chi connectivity index (χ0v) is 18.1. The third kappa shape index (κ3) is 4.53. The summed E-state index contributed by atoms with van der Waals surface area (Å²) in [7, 11) is -1.08. The second-order valence-corrected chi connectivity index (χ2v) is 9.06. The third-order valence-electron chi connectivity index (χ3n) is 4.91. The van der Waals surface area contributed by atoms with Crippen molar-refractivity contribution in [2.75, 3.05) is 26.1 Å². The Kier molecular flexibility index (Phi) is 6.84. The minimum absolute atomic E-state index is 0.0614. The Hall–Kier alpha value is -2.36. The lowest BCUT2D eigenvalue weighted by molar-refractivity contribution is -0.120. The molecule has 1 heterocycles. The predicted molar refractivity (Wildman–Crippen MR) is 111 cm³/mol. The van der Waals surface area contributed by atoms with Crippen molar-refractivity contribution < 1.29 is 27.1 Å². The molecule has 0 saturated carbocycles. The van der Waals surface area contributed by atoms with E-state index in [2.05, 4.69) is 5.32 Å². The summed E-state index contributed by atoms with van der Waals surface area (Å²) in [6.07, 6.45) is 1.69. The Balaban J connectivity index is 1.89. The quantitative estimate of drug-likeness (QED) is 0.716. The normalized spacial score (nSPS) is 17.4. The van der Waals surface area contributed by atoms with Crippen LogP contribution in [0.25, 0.3) is 0 Å². The monoisotopic (exact) mass is 456 g/mol. The van der Waals surface area contributed by atoms with Crippen LogP contribution in [0, 0.1) is 5.82 Å². The molecule has 10 heteroatoms. The van der Waals surface area contributed by atoms with Gasteiger partial charge in [0.05, 0.1) is 29.8 Å². The number of benzene rings is 2. The van der Waals surface area contributed by atoms with Crippen molar-refractivity contribution in [1.29, 1.82) is 0 Å². The van der Waals surface area contributed by atoms with Crippen molar-refractivity contribution in [1.82, 2.24) is 4.31 Å². The van der Waals surface area contributed by atoms with Gasteiger partial charge in [0.2, 0.25) is 15.9 Å². The molecule has 0 spiro atoms. The van der Waals surface area contributed by atoms with Crippen LogP contribution in [0.3, 0.4) is 0 Å². The van der Waals surface area contributed by atoms with Gasteiger partial charge in [-0.15, -0.1) is 0 Å². The molecule has 1 atom stereocenters. The highest BCUT2D eigenvalue weighted by molar-refractivity contribution is 7.89. The molecule has 1 saturated heterocycles. The molecule has 0 bridgehead atoms. The summed E-state index contributed by atoms with van der Waals surface area (Å²) in [6.45, 7) is 0.193. The van der Waals surface area contributed by atoms with Gasteiger partial charge in [-0.1, -0.05) is 18.0 Å². The van der Waals surface area contributed by atoms with Gasteiger partial charge in [0.1, 0.15) is 23.4 Å². The maximum absolute atomic E-state index is 13.2. The van der Waals surface area contributed by atoms with Gasteiger partial charge in [0.15, 0.2) is 0 Å². The number of sulfonamides is 1. The Morgan fingerprint density at radius 3 is 2.43 bits per heavy atom.